The van der Waals surface area contributed by atoms with Crippen LogP contribution in [0.25, 0.3) is 82.1 Å². The third-order valence-electron chi connectivity index (χ3n) is 14.1. The van der Waals surface area contributed by atoms with Gasteiger partial charge in [0.15, 0.2) is 0 Å². The molecule has 0 N–H and O–H groups in total. The smallest absolute Gasteiger partial charge is 0.0754 e. The number of aromatic nitrogens is 1. The zero-order valence-electron chi connectivity index (χ0n) is 34.3. The van der Waals surface area contributed by atoms with Crippen LogP contribution in [0.15, 0.2) is 231 Å². The van der Waals surface area contributed by atoms with Gasteiger partial charge in [-0.25, -0.2) is 0 Å². The third kappa shape index (κ3) is 4.67. The minimum atomic E-state index is -0.489. The van der Waals surface area contributed by atoms with E-state index in [9.17, 15) is 0 Å². The number of nitrogens with zero attached hydrogens (tertiary/aromatic N) is 2. The van der Waals surface area contributed by atoms with E-state index in [0.717, 1.165) is 17.1 Å². The Balaban J connectivity index is 0.964. The van der Waals surface area contributed by atoms with Crippen molar-refractivity contribution in [2.75, 3.05) is 4.90 Å². The van der Waals surface area contributed by atoms with Crippen LogP contribution in [-0.4, -0.2) is 4.57 Å². The number of anilines is 3. The van der Waals surface area contributed by atoms with Gasteiger partial charge < -0.3 is 9.47 Å². The van der Waals surface area contributed by atoms with Gasteiger partial charge in [0.2, 0.25) is 0 Å². The zero-order valence-corrected chi connectivity index (χ0v) is 34.3. The van der Waals surface area contributed by atoms with E-state index in [4.69, 9.17) is 0 Å². The maximum absolute atomic E-state index is 2.52. The van der Waals surface area contributed by atoms with Gasteiger partial charge in [-0.05, 0) is 125 Å². The molecule has 0 fully saturated rings. The van der Waals surface area contributed by atoms with Crippen LogP contribution in [0.5, 0.6) is 0 Å². The van der Waals surface area contributed by atoms with Crippen LogP contribution in [0, 0.1) is 0 Å². The van der Waals surface area contributed by atoms with Crippen LogP contribution < -0.4 is 4.90 Å². The van der Waals surface area contributed by atoms with Crippen molar-refractivity contribution < 1.29 is 0 Å². The van der Waals surface area contributed by atoms with Gasteiger partial charge >= 0.3 is 0 Å². The molecular formula is C61H38N2. The Morgan fingerprint density at radius 2 is 0.905 bits per heavy atom. The van der Waals surface area contributed by atoms with Crippen LogP contribution in [0.1, 0.15) is 22.3 Å². The number of fused-ring (bicyclic) bond motifs is 16. The standard InChI is InChI=1S/C61H38N2/c1-2-15-42-37-45(34-29-39(42)13-1)62(46-35-36-48-43(38-46)28-27-40-14-3-4-16-47(40)48)44-32-30-41(31-33-44)49-19-11-23-55-59(49)52-18-5-7-21-53(52)61(55)54-22-8-10-26-58(54)63-57-25-9-6-17-50(57)51-20-12-24-56(61)60(51)63/h1-38H. The lowest BCUT2D eigenvalue weighted by Gasteiger charge is -2.39. The highest BCUT2D eigenvalue weighted by atomic mass is 15.1. The molecule has 0 bridgehead atoms. The Morgan fingerprint density at radius 3 is 1.79 bits per heavy atom. The van der Waals surface area contributed by atoms with E-state index in [1.165, 1.54) is 104 Å². The number of para-hydroxylation sites is 3. The minimum absolute atomic E-state index is 0.489. The second-order valence-electron chi connectivity index (χ2n) is 17.2. The van der Waals surface area contributed by atoms with Crippen LogP contribution >= 0.6 is 0 Å². The fraction of sp³-hybridized carbons (Fsp3) is 0.0164. The fourth-order valence-corrected chi connectivity index (χ4v) is 11.5. The van der Waals surface area contributed by atoms with E-state index in [1.54, 1.807) is 0 Å². The average Bonchev–Trinajstić information content (AvgIpc) is 3.85. The van der Waals surface area contributed by atoms with Crippen molar-refractivity contribution in [1.82, 2.24) is 4.57 Å². The zero-order chi connectivity index (χ0) is 41.2. The van der Waals surface area contributed by atoms with Gasteiger partial charge in [0.1, 0.15) is 0 Å². The van der Waals surface area contributed by atoms with Crippen molar-refractivity contribution >= 4 is 71.2 Å². The Bertz CT molecular complexity index is 3870. The molecule has 1 unspecified atom stereocenters. The summed E-state index contributed by atoms with van der Waals surface area (Å²) in [6.45, 7) is 0. The minimum Gasteiger partial charge on any atom is -0.310 e. The summed E-state index contributed by atoms with van der Waals surface area (Å²) in [6, 6.07) is 85.9. The van der Waals surface area contributed by atoms with Crippen molar-refractivity contribution in [3.63, 3.8) is 0 Å². The van der Waals surface area contributed by atoms with Gasteiger partial charge in [0, 0.05) is 27.8 Å². The molecule has 0 amide bonds. The summed E-state index contributed by atoms with van der Waals surface area (Å²) in [5.74, 6) is 0. The molecule has 0 saturated carbocycles. The first-order valence-corrected chi connectivity index (χ1v) is 21.9. The molecule has 0 saturated heterocycles. The molecule has 1 aliphatic heterocycles. The lowest BCUT2D eigenvalue weighted by Crippen LogP contribution is -2.33. The molecule has 12 aromatic rings. The molecule has 1 atom stereocenters. The molecule has 63 heavy (non-hydrogen) atoms. The van der Waals surface area contributed by atoms with E-state index in [2.05, 4.69) is 240 Å². The van der Waals surface area contributed by atoms with E-state index < -0.39 is 5.41 Å². The number of hydrogen-bond donors (Lipinski definition) is 0. The van der Waals surface area contributed by atoms with Gasteiger partial charge in [-0.2, -0.15) is 0 Å². The number of hydrogen-bond acceptors (Lipinski definition) is 1. The molecule has 1 aliphatic carbocycles. The molecule has 11 aromatic carbocycles. The van der Waals surface area contributed by atoms with Gasteiger partial charge in [0.05, 0.1) is 22.1 Å². The largest absolute Gasteiger partial charge is 0.310 e. The molecule has 0 radical (unpaired) electrons. The lowest BCUT2D eigenvalue weighted by molar-refractivity contribution is 0.748. The summed E-state index contributed by atoms with van der Waals surface area (Å²) in [5, 5.41) is 10.1. The summed E-state index contributed by atoms with van der Waals surface area (Å²) in [4.78, 5) is 2.41. The molecule has 1 spiro atoms. The quantitative estimate of drug-likeness (QED) is 0.161. The Hall–Kier alpha value is -8.20. The first kappa shape index (κ1) is 34.5. The Morgan fingerprint density at radius 1 is 0.333 bits per heavy atom. The van der Waals surface area contributed by atoms with Gasteiger partial charge in [0.25, 0.3) is 0 Å². The fourth-order valence-electron chi connectivity index (χ4n) is 11.5. The SMILES string of the molecule is c1ccc2c(c1)-c1c(-c3ccc(N(c4ccc5ccccc5c4)c4ccc5c(ccc6ccccc65)c4)cc3)cccc1C21c2ccccc2-n2c3ccccc3c3cccc1c32. The number of benzene rings is 11. The summed E-state index contributed by atoms with van der Waals surface area (Å²) in [6.07, 6.45) is 0. The summed E-state index contributed by atoms with van der Waals surface area (Å²) in [5.41, 5.74) is 17.0. The maximum atomic E-state index is 2.52. The summed E-state index contributed by atoms with van der Waals surface area (Å²) < 4.78 is 2.52. The molecule has 2 nitrogen and oxygen atoms in total. The molecule has 2 heterocycles. The van der Waals surface area contributed by atoms with E-state index >= 15 is 0 Å². The third-order valence-corrected chi connectivity index (χ3v) is 14.1. The molecule has 2 aliphatic rings. The highest BCUT2D eigenvalue weighted by molar-refractivity contribution is 6.13. The first-order chi connectivity index (χ1) is 31.3. The van der Waals surface area contributed by atoms with Crippen molar-refractivity contribution in [2.24, 2.45) is 0 Å². The summed E-state index contributed by atoms with van der Waals surface area (Å²) >= 11 is 0. The van der Waals surface area contributed by atoms with Crippen molar-refractivity contribution in [3.8, 4) is 27.9 Å². The van der Waals surface area contributed by atoms with E-state index in [0.29, 0.717) is 0 Å². The molecule has 2 heteroatoms. The van der Waals surface area contributed by atoms with Crippen molar-refractivity contribution in [2.45, 2.75) is 5.41 Å². The Labute approximate surface area is 365 Å². The van der Waals surface area contributed by atoms with Crippen LogP contribution in [0.3, 0.4) is 0 Å². The van der Waals surface area contributed by atoms with E-state index in [-0.39, 0.29) is 0 Å². The molecule has 1 aromatic heterocycles. The predicted octanol–water partition coefficient (Wildman–Crippen LogP) is 16.1. The highest BCUT2D eigenvalue weighted by Gasteiger charge is 2.51. The second kappa shape index (κ2) is 12.9. The van der Waals surface area contributed by atoms with Crippen molar-refractivity contribution in [3.05, 3.63) is 253 Å². The average molecular weight is 799 g/mol. The van der Waals surface area contributed by atoms with Gasteiger partial charge in [-0.3, -0.25) is 0 Å². The molecule has 292 valence electrons. The predicted molar refractivity (Wildman–Crippen MR) is 264 cm³/mol. The van der Waals surface area contributed by atoms with Crippen LogP contribution in [0.2, 0.25) is 0 Å². The van der Waals surface area contributed by atoms with Crippen LogP contribution in [0.4, 0.5) is 17.1 Å². The van der Waals surface area contributed by atoms with Crippen molar-refractivity contribution in [1.29, 1.82) is 0 Å². The molecular weight excluding hydrogens is 761 g/mol. The first-order valence-electron chi connectivity index (χ1n) is 21.9. The highest BCUT2D eigenvalue weighted by Crippen LogP contribution is 2.62. The lowest BCUT2D eigenvalue weighted by atomic mass is 9.65. The number of rotatable bonds is 4. The Kier molecular flexibility index (Phi) is 7.07. The maximum Gasteiger partial charge on any atom is 0.0754 e. The van der Waals surface area contributed by atoms with Gasteiger partial charge in [-0.15, -0.1) is 0 Å². The van der Waals surface area contributed by atoms with E-state index in [1.807, 2.05) is 0 Å². The topological polar surface area (TPSA) is 8.17 Å². The second-order valence-corrected chi connectivity index (χ2v) is 17.2. The van der Waals surface area contributed by atoms with Gasteiger partial charge in [-0.1, -0.05) is 182 Å². The molecule has 14 rings (SSSR count). The normalized spacial score (nSPS) is 14.7. The summed E-state index contributed by atoms with van der Waals surface area (Å²) in [7, 11) is 0. The van der Waals surface area contributed by atoms with Crippen LogP contribution in [-0.2, 0) is 5.41 Å². The monoisotopic (exact) mass is 798 g/mol.